The van der Waals surface area contributed by atoms with Gasteiger partial charge in [-0.1, -0.05) is 15.9 Å². The summed E-state index contributed by atoms with van der Waals surface area (Å²) in [7, 11) is 0. The van der Waals surface area contributed by atoms with Crippen LogP contribution < -0.4 is 10.6 Å². The number of rotatable bonds is 2. The molecule has 0 radical (unpaired) electrons. The first-order valence-corrected chi connectivity index (χ1v) is 8.49. The highest BCUT2D eigenvalue weighted by atomic mass is 79.9. The topological polar surface area (TPSA) is 54.0 Å². The highest BCUT2D eigenvalue weighted by molar-refractivity contribution is 9.11. The van der Waals surface area contributed by atoms with Crippen molar-refractivity contribution in [2.75, 3.05) is 11.9 Å². The van der Waals surface area contributed by atoms with E-state index >= 15 is 0 Å². The number of aromatic nitrogens is 1. The largest absolute Gasteiger partial charge is 0.311 e. The fraction of sp³-hybridized carbons (Fsp3) is 0.231. The van der Waals surface area contributed by atoms with Crippen molar-refractivity contribution in [3.63, 3.8) is 0 Å². The number of hydrogen-bond acceptors (Lipinski definition) is 4. The highest BCUT2D eigenvalue weighted by Gasteiger charge is 2.17. The Hall–Kier alpha value is -0.760. The number of amides is 1. The minimum Gasteiger partial charge on any atom is -0.311 e. The van der Waals surface area contributed by atoms with E-state index in [0.717, 1.165) is 34.1 Å². The molecule has 0 saturated heterocycles. The summed E-state index contributed by atoms with van der Waals surface area (Å²) in [4.78, 5) is 17.9. The van der Waals surface area contributed by atoms with E-state index in [1.165, 1.54) is 16.2 Å². The first-order valence-electron chi connectivity index (χ1n) is 6.09. The second-order valence-corrected chi connectivity index (χ2v) is 7.25. The summed E-state index contributed by atoms with van der Waals surface area (Å²) in [6.07, 6.45) is 0.920. The van der Waals surface area contributed by atoms with Gasteiger partial charge in [0.25, 0.3) is 5.91 Å². The molecule has 104 valence electrons. The van der Waals surface area contributed by atoms with Gasteiger partial charge in [-0.15, -0.1) is 11.3 Å². The maximum absolute atomic E-state index is 12.3. The number of anilines is 1. The van der Waals surface area contributed by atoms with Crippen LogP contribution in [0.25, 0.3) is 0 Å². The lowest BCUT2D eigenvalue weighted by Crippen LogP contribution is -2.22. The molecule has 20 heavy (non-hydrogen) atoms. The minimum atomic E-state index is -0.150. The molecule has 1 aromatic carbocycles. The van der Waals surface area contributed by atoms with Crippen LogP contribution >= 0.6 is 43.2 Å². The van der Waals surface area contributed by atoms with Crippen LogP contribution in [0.1, 0.15) is 20.9 Å². The number of carbonyl (C=O) groups excluding carboxylic acids is 1. The average molecular weight is 417 g/mol. The Bertz CT molecular complexity index is 648. The molecule has 4 nitrogen and oxygen atoms in total. The number of hydrogen-bond donors (Lipinski definition) is 2. The predicted molar refractivity (Wildman–Crippen MR) is 87.3 cm³/mol. The van der Waals surface area contributed by atoms with Crippen LogP contribution in [0.4, 0.5) is 5.13 Å². The highest BCUT2D eigenvalue weighted by Crippen LogP contribution is 2.27. The predicted octanol–water partition coefficient (Wildman–Crippen LogP) is 3.57. The molecule has 0 unspecified atom stereocenters. The molecule has 1 aliphatic rings. The van der Waals surface area contributed by atoms with Crippen molar-refractivity contribution in [3.8, 4) is 0 Å². The number of carbonyl (C=O) groups is 1. The Balaban J connectivity index is 1.80. The van der Waals surface area contributed by atoms with Gasteiger partial charge in [0.15, 0.2) is 5.13 Å². The van der Waals surface area contributed by atoms with Gasteiger partial charge in [0.2, 0.25) is 0 Å². The molecule has 2 N–H and O–H groups in total. The van der Waals surface area contributed by atoms with Gasteiger partial charge in [0, 0.05) is 33.3 Å². The van der Waals surface area contributed by atoms with E-state index in [-0.39, 0.29) is 5.91 Å². The third-order valence-corrected chi connectivity index (χ3v) is 5.16. The molecule has 1 amide bonds. The molecule has 7 heteroatoms. The van der Waals surface area contributed by atoms with Crippen molar-refractivity contribution in [2.45, 2.75) is 13.0 Å². The van der Waals surface area contributed by atoms with Gasteiger partial charge in [-0.05, 0) is 34.1 Å². The number of fused-ring (bicyclic) bond motifs is 1. The Morgan fingerprint density at radius 2 is 2.25 bits per heavy atom. The lowest BCUT2D eigenvalue weighted by atomic mass is 10.2. The van der Waals surface area contributed by atoms with Gasteiger partial charge in [-0.2, -0.15) is 0 Å². The SMILES string of the molecule is O=C(Nc1nc2c(s1)CNCC2)c1ccc(Br)cc1Br. The lowest BCUT2D eigenvalue weighted by molar-refractivity contribution is 0.102. The zero-order valence-corrected chi connectivity index (χ0v) is 14.4. The molecule has 0 spiro atoms. The monoisotopic (exact) mass is 415 g/mol. The van der Waals surface area contributed by atoms with Gasteiger partial charge < -0.3 is 5.32 Å². The molecular weight excluding hydrogens is 406 g/mol. The van der Waals surface area contributed by atoms with Gasteiger partial charge in [-0.25, -0.2) is 4.98 Å². The van der Waals surface area contributed by atoms with E-state index < -0.39 is 0 Å². The standard InChI is InChI=1S/C13H11Br2N3OS/c14-7-1-2-8(9(15)5-7)12(19)18-13-17-10-3-4-16-6-11(10)20-13/h1-2,5,16H,3-4,6H2,(H,17,18,19). The zero-order chi connectivity index (χ0) is 14.1. The first-order chi connectivity index (χ1) is 9.63. The number of nitrogens with one attached hydrogen (secondary N) is 2. The fourth-order valence-corrected chi connectivity index (χ4v) is 4.22. The normalized spacial score (nSPS) is 13.9. The molecule has 0 bridgehead atoms. The summed E-state index contributed by atoms with van der Waals surface area (Å²) in [6, 6.07) is 5.47. The number of thiazole rings is 1. The maximum Gasteiger partial charge on any atom is 0.258 e. The summed E-state index contributed by atoms with van der Waals surface area (Å²) in [5, 5.41) is 6.84. The molecule has 2 aromatic rings. The summed E-state index contributed by atoms with van der Waals surface area (Å²) < 4.78 is 1.68. The molecule has 1 aliphatic heterocycles. The van der Waals surface area contributed by atoms with E-state index in [2.05, 4.69) is 47.5 Å². The summed E-state index contributed by atoms with van der Waals surface area (Å²) in [5.74, 6) is -0.150. The van der Waals surface area contributed by atoms with E-state index in [0.29, 0.717) is 10.7 Å². The van der Waals surface area contributed by atoms with Crippen molar-refractivity contribution in [2.24, 2.45) is 0 Å². The van der Waals surface area contributed by atoms with E-state index in [1.807, 2.05) is 12.1 Å². The van der Waals surface area contributed by atoms with Crippen LogP contribution in [-0.2, 0) is 13.0 Å². The Labute approximate surface area is 137 Å². The third-order valence-electron chi connectivity index (χ3n) is 3.00. The molecule has 2 heterocycles. The van der Waals surface area contributed by atoms with Gasteiger partial charge in [0.05, 0.1) is 11.3 Å². The summed E-state index contributed by atoms with van der Waals surface area (Å²) in [6.45, 7) is 1.78. The third kappa shape index (κ3) is 2.95. The summed E-state index contributed by atoms with van der Waals surface area (Å²) in [5.41, 5.74) is 1.69. The Kier molecular flexibility index (Phi) is 4.21. The van der Waals surface area contributed by atoms with Crippen LogP contribution in [0.15, 0.2) is 27.1 Å². The van der Waals surface area contributed by atoms with Crippen molar-refractivity contribution in [1.82, 2.24) is 10.3 Å². The molecule has 3 rings (SSSR count). The van der Waals surface area contributed by atoms with E-state index in [1.54, 1.807) is 6.07 Å². The smallest absolute Gasteiger partial charge is 0.258 e. The van der Waals surface area contributed by atoms with E-state index in [9.17, 15) is 4.79 Å². The number of benzene rings is 1. The van der Waals surface area contributed by atoms with Gasteiger partial charge >= 0.3 is 0 Å². The van der Waals surface area contributed by atoms with Crippen molar-refractivity contribution in [1.29, 1.82) is 0 Å². The van der Waals surface area contributed by atoms with Gasteiger partial charge in [-0.3, -0.25) is 10.1 Å². The molecule has 1 aromatic heterocycles. The van der Waals surface area contributed by atoms with Crippen LogP contribution in [0.5, 0.6) is 0 Å². The molecule has 0 saturated carbocycles. The van der Waals surface area contributed by atoms with Crippen LogP contribution in [0.2, 0.25) is 0 Å². The first kappa shape index (κ1) is 14.2. The van der Waals surface area contributed by atoms with Gasteiger partial charge in [0.1, 0.15) is 0 Å². The van der Waals surface area contributed by atoms with Crippen LogP contribution in [0.3, 0.4) is 0 Å². The van der Waals surface area contributed by atoms with E-state index in [4.69, 9.17) is 0 Å². The maximum atomic E-state index is 12.3. The number of halogens is 2. The average Bonchev–Trinajstić information content (AvgIpc) is 2.80. The Morgan fingerprint density at radius 1 is 1.40 bits per heavy atom. The minimum absolute atomic E-state index is 0.150. The quantitative estimate of drug-likeness (QED) is 0.786. The molecular formula is C13H11Br2N3OS. The second kappa shape index (κ2) is 5.93. The molecule has 0 fully saturated rings. The lowest BCUT2D eigenvalue weighted by Gasteiger charge is -2.09. The number of nitrogens with zero attached hydrogens (tertiary/aromatic N) is 1. The fourth-order valence-electron chi connectivity index (χ4n) is 2.02. The second-order valence-electron chi connectivity index (χ2n) is 4.39. The zero-order valence-electron chi connectivity index (χ0n) is 10.4. The summed E-state index contributed by atoms with van der Waals surface area (Å²) >= 11 is 8.31. The molecule has 0 aliphatic carbocycles. The Morgan fingerprint density at radius 3 is 3.00 bits per heavy atom. The molecule has 0 atom stereocenters. The van der Waals surface area contributed by atoms with Crippen LogP contribution in [0, 0.1) is 0 Å². The van der Waals surface area contributed by atoms with Crippen molar-refractivity contribution < 1.29 is 4.79 Å². The van der Waals surface area contributed by atoms with Crippen molar-refractivity contribution >= 4 is 54.2 Å². The van der Waals surface area contributed by atoms with Crippen molar-refractivity contribution in [3.05, 3.63) is 43.3 Å². The van der Waals surface area contributed by atoms with Crippen LogP contribution in [-0.4, -0.2) is 17.4 Å².